The molecule has 1 heterocycles. The summed E-state index contributed by atoms with van der Waals surface area (Å²) < 4.78 is 7.27. The van der Waals surface area contributed by atoms with Crippen molar-refractivity contribution in [2.75, 3.05) is 0 Å². The molecule has 4 rings (SSSR count). The van der Waals surface area contributed by atoms with Crippen molar-refractivity contribution in [1.82, 2.24) is 0 Å². The van der Waals surface area contributed by atoms with Crippen LogP contribution in [0.1, 0.15) is 79.1 Å². The van der Waals surface area contributed by atoms with Gasteiger partial charge in [-0.15, -0.1) is 0 Å². The molecule has 3 fully saturated rings. The summed E-state index contributed by atoms with van der Waals surface area (Å²) in [4.78, 5) is 24.0. The summed E-state index contributed by atoms with van der Waals surface area (Å²) in [5.41, 5.74) is -0.264. The van der Waals surface area contributed by atoms with E-state index in [4.69, 9.17) is 4.74 Å². The Kier molecular flexibility index (Phi) is 6.50. The van der Waals surface area contributed by atoms with Crippen LogP contribution in [0.5, 0.6) is 0 Å². The molecule has 1 aliphatic heterocycles. The topological polar surface area (TPSA) is 69.4 Å². The van der Waals surface area contributed by atoms with E-state index in [0.717, 1.165) is 54.7 Å². The number of carbonyl (C=O) groups excluding carboxylic acids is 1. The van der Waals surface area contributed by atoms with E-state index in [1.807, 2.05) is 12.1 Å². The van der Waals surface area contributed by atoms with Gasteiger partial charge < -0.3 is 0 Å². The predicted molar refractivity (Wildman–Crippen MR) is 127 cm³/mol. The molecule has 3 aliphatic rings. The number of nitrogens with zero attached hydrogens (tertiary/aromatic N) is 1. The monoisotopic (exact) mass is 507 g/mol. The maximum atomic E-state index is 13.0. The molecule has 1 aromatic carbocycles. The standard InChI is InChI=1S/C26H37NO4Se/c1-18(13-17-32-21-9-6-5-8-20(21)27(29)30)12-16-25(4)19(2)10-11-22-24(3)14-7-15-26(22,25)31-23(24)28/h5-6,8-9,18-19,22H,7,10-17H2,1-4H3/t18-,19-,22+,24+,25+,26-/m1/s1. The third kappa shape index (κ3) is 3.72. The number of nitro benzene ring substituents is 1. The zero-order valence-electron chi connectivity index (χ0n) is 19.9. The summed E-state index contributed by atoms with van der Waals surface area (Å²) in [6.07, 6.45) is 8.70. The first-order valence-corrected chi connectivity index (χ1v) is 14.3. The number of rotatable bonds is 8. The summed E-state index contributed by atoms with van der Waals surface area (Å²) in [5, 5.41) is 12.3. The van der Waals surface area contributed by atoms with Crippen LogP contribution in [0.2, 0.25) is 5.32 Å². The van der Waals surface area contributed by atoms with E-state index in [2.05, 4.69) is 27.7 Å². The molecule has 1 aromatic rings. The summed E-state index contributed by atoms with van der Waals surface area (Å²) in [6, 6.07) is 7.16. The van der Waals surface area contributed by atoms with E-state index >= 15 is 0 Å². The van der Waals surface area contributed by atoms with Gasteiger partial charge in [-0.25, -0.2) is 0 Å². The van der Waals surface area contributed by atoms with Crippen LogP contribution in [0.4, 0.5) is 5.69 Å². The molecule has 176 valence electrons. The molecule has 6 heteroatoms. The molecule has 32 heavy (non-hydrogen) atoms. The molecule has 6 atom stereocenters. The van der Waals surface area contributed by atoms with E-state index in [9.17, 15) is 14.9 Å². The molecule has 1 saturated heterocycles. The Morgan fingerprint density at radius 2 is 1.97 bits per heavy atom. The normalized spacial score (nSPS) is 36.9. The first-order chi connectivity index (χ1) is 15.1. The minimum absolute atomic E-state index is 0.0291. The molecule has 0 spiro atoms. The van der Waals surface area contributed by atoms with Crippen molar-refractivity contribution in [2.24, 2.45) is 28.6 Å². The molecule has 2 aliphatic carbocycles. The van der Waals surface area contributed by atoms with Crippen LogP contribution in [0, 0.1) is 38.7 Å². The van der Waals surface area contributed by atoms with Gasteiger partial charge in [0.15, 0.2) is 0 Å². The van der Waals surface area contributed by atoms with Gasteiger partial charge in [0.25, 0.3) is 0 Å². The van der Waals surface area contributed by atoms with Crippen LogP contribution in [-0.2, 0) is 9.53 Å². The van der Waals surface area contributed by atoms with Crippen molar-refractivity contribution in [3.63, 3.8) is 0 Å². The number of benzene rings is 1. The Labute approximate surface area is 198 Å². The maximum absolute atomic E-state index is 13.0. The molecule has 0 aromatic heterocycles. The number of hydrogen-bond donors (Lipinski definition) is 0. The van der Waals surface area contributed by atoms with E-state index in [-0.39, 0.29) is 48.0 Å². The number of para-hydroxylation sites is 1. The Hall–Kier alpha value is -1.39. The average Bonchev–Trinajstić information content (AvgIpc) is 2.88. The molecular formula is C26H37NO4Se. The number of esters is 1. The quantitative estimate of drug-likeness (QED) is 0.197. The van der Waals surface area contributed by atoms with Crippen molar-refractivity contribution >= 4 is 31.1 Å². The van der Waals surface area contributed by atoms with Crippen LogP contribution in [-0.4, -0.2) is 31.5 Å². The number of ether oxygens (including phenoxy) is 1. The van der Waals surface area contributed by atoms with E-state index in [1.54, 1.807) is 12.1 Å². The Bertz CT molecular complexity index is 890. The van der Waals surface area contributed by atoms with Crippen molar-refractivity contribution in [1.29, 1.82) is 0 Å². The van der Waals surface area contributed by atoms with Gasteiger partial charge in [-0.05, 0) is 0 Å². The van der Waals surface area contributed by atoms with Gasteiger partial charge in [-0.1, -0.05) is 0 Å². The van der Waals surface area contributed by atoms with Gasteiger partial charge in [0.1, 0.15) is 0 Å². The fourth-order valence-electron chi connectivity index (χ4n) is 6.98. The summed E-state index contributed by atoms with van der Waals surface area (Å²) >= 11 is 0.121. The number of hydrogen-bond acceptors (Lipinski definition) is 4. The van der Waals surface area contributed by atoms with Crippen molar-refractivity contribution in [2.45, 2.75) is 90.0 Å². The Morgan fingerprint density at radius 3 is 2.72 bits per heavy atom. The average molecular weight is 507 g/mol. The molecule has 0 N–H and O–H groups in total. The number of nitro groups is 1. The van der Waals surface area contributed by atoms with Crippen molar-refractivity contribution in [3.8, 4) is 0 Å². The molecule has 0 amide bonds. The third-order valence-electron chi connectivity index (χ3n) is 9.35. The Morgan fingerprint density at radius 1 is 1.22 bits per heavy atom. The van der Waals surface area contributed by atoms with E-state index in [0.29, 0.717) is 17.8 Å². The first-order valence-electron chi connectivity index (χ1n) is 12.2. The molecule has 5 nitrogen and oxygen atoms in total. The van der Waals surface area contributed by atoms with Crippen LogP contribution in [0.3, 0.4) is 0 Å². The van der Waals surface area contributed by atoms with Gasteiger partial charge >= 0.3 is 198 Å². The summed E-state index contributed by atoms with van der Waals surface area (Å²) in [7, 11) is 0. The molecule has 0 unspecified atom stereocenters. The van der Waals surface area contributed by atoms with Gasteiger partial charge in [-0.2, -0.15) is 0 Å². The zero-order chi connectivity index (χ0) is 23.1. The molecule has 0 radical (unpaired) electrons. The predicted octanol–water partition coefficient (Wildman–Crippen LogP) is 5.69. The molecule has 2 bridgehead atoms. The second kappa shape index (κ2) is 8.76. The fourth-order valence-corrected chi connectivity index (χ4v) is 9.51. The van der Waals surface area contributed by atoms with Gasteiger partial charge in [0.2, 0.25) is 0 Å². The summed E-state index contributed by atoms with van der Waals surface area (Å²) in [5.74, 6) is 1.54. The third-order valence-corrected chi connectivity index (χ3v) is 11.6. The van der Waals surface area contributed by atoms with Crippen LogP contribution >= 0.6 is 0 Å². The number of carbonyl (C=O) groups is 1. The van der Waals surface area contributed by atoms with Gasteiger partial charge in [0, 0.05) is 0 Å². The second-order valence-electron chi connectivity index (χ2n) is 11.0. The van der Waals surface area contributed by atoms with Crippen LogP contribution < -0.4 is 4.46 Å². The Balaban J connectivity index is 1.39. The minimum atomic E-state index is -0.280. The second-order valence-corrected chi connectivity index (χ2v) is 13.4. The first kappa shape index (κ1) is 23.8. The van der Waals surface area contributed by atoms with Crippen LogP contribution in [0.25, 0.3) is 0 Å². The van der Waals surface area contributed by atoms with E-state index < -0.39 is 0 Å². The van der Waals surface area contributed by atoms with Crippen molar-refractivity contribution in [3.05, 3.63) is 34.4 Å². The van der Waals surface area contributed by atoms with E-state index in [1.165, 1.54) is 6.42 Å². The van der Waals surface area contributed by atoms with Gasteiger partial charge in [0.05, 0.1) is 0 Å². The molecular weight excluding hydrogens is 469 g/mol. The zero-order valence-corrected chi connectivity index (χ0v) is 21.6. The van der Waals surface area contributed by atoms with Crippen molar-refractivity contribution < 1.29 is 14.5 Å². The molecule has 2 saturated carbocycles. The fraction of sp³-hybridized carbons (Fsp3) is 0.731. The van der Waals surface area contributed by atoms with Crippen LogP contribution in [0.15, 0.2) is 24.3 Å². The van der Waals surface area contributed by atoms with Gasteiger partial charge in [-0.3, -0.25) is 0 Å². The SMILES string of the molecule is C[C@@H](CC[Se]c1ccccc1[N+](=O)[O-])CC[C@@]1(C)[C@H](C)CC[C@H]2[C@]3(C)CCC[C@@]21OC3=O. The summed E-state index contributed by atoms with van der Waals surface area (Å²) in [6.45, 7) is 9.24.